The zero-order chi connectivity index (χ0) is 18.9. The van der Waals surface area contributed by atoms with E-state index in [2.05, 4.69) is 10.3 Å². The molecule has 1 heterocycles. The van der Waals surface area contributed by atoms with Crippen molar-refractivity contribution in [1.82, 2.24) is 4.98 Å². The Morgan fingerprint density at radius 3 is 2.58 bits per heavy atom. The van der Waals surface area contributed by atoms with E-state index in [1.54, 1.807) is 30.3 Å². The van der Waals surface area contributed by atoms with Crippen LogP contribution in [0.5, 0.6) is 0 Å². The Labute approximate surface area is 160 Å². The molecule has 0 saturated heterocycles. The lowest BCUT2D eigenvalue weighted by atomic mass is 10.2. The van der Waals surface area contributed by atoms with E-state index in [1.807, 2.05) is 19.9 Å². The third kappa shape index (κ3) is 4.23. The standard InChI is InChI=1S/C18H17ClN2O3S2/c1-11-3-5-14(6-4-11)26(23,24)8-7-16(22)20-18-21-17-12(2)9-13(19)10-15(17)25-18/h3-6,9-10H,7-8H2,1-2H3,(H,20,21,22). The number of nitrogens with one attached hydrogen (secondary N) is 1. The van der Waals surface area contributed by atoms with Gasteiger partial charge in [0.05, 0.1) is 20.9 Å². The number of rotatable bonds is 5. The summed E-state index contributed by atoms with van der Waals surface area (Å²) in [5.41, 5.74) is 2.68. The van der Waals surface area contributed by atoms with Gasteiger partial charge in [0.1, 0.15) is 0 Å². The van der Waals surface area contributed by atoms with Crippen LogP contribution in [0.1, 0.15) is 17.5 Å². The molecule has 5 nitrogen and oxygen atoms in total. The molecule has 0 aliphatic carbocycles. The number of aromatic nitrogens is 1. The number of halogens is 1. The van der Waals surface area contributed by atoms with Crippen LogP contribution in [-0.4, -0.2) is 25.1 Å². The van der Waals surface area contributed by atoms with E-state index in [0.29, 0.717) is 10.2 Å². The van der Waals surface area contributed by atoms with Crippen LogP contribution in [0.4, 0.5) is 5.13 Å². The number of hydrogen-bond acceptors (Lipinski definition) is 5. The maximum Gasteiger partial charge on any atom is 0.227 e. The average molecular weight is 409 g/mol. The Morgan fingerprint density at radius 1 is 1.19 bits per heavy atom. The van der Waals surface area contributed by atoms with E-state index in [4.69, 9.17) is 11.6 Å². The molecule has 8 heteroatoms. The van der Waals surface area contributed by atoms with Gasteiger partial charge in [-0.2, -0.15) is 0 Å². The maximum absolute atomic E-state index is 12.3. The van der Waals surface area contributed by atoms with Gasteiger partial charge in [0.25, 0.3) is 0 Å². The minimum absolute atomic E-state index is 0.133. The van der Waals surface area contributed by atoms with Crippen molar-refractivity contribution < 1.29 is 13.2 Å². The molecule has 0 unspecified atom stereocenters. The summed E-state index contributed by atoms with van der Waals surface area (Å²) >= 11 is 7.34. The third-order valence-corrected chi connectivity index (χ3v) is 6.74. The Balaban J connectivity index is 1.67. The molecule has 1 N–H and O–H groups in total. The molecule has 0 radical (unpaired) electrons. The molecular weight excluding hydrogens is 392 g/mol. The van der Waals surface area contributed by atoms with E-state index < -0.39 is 9.84 Å². The number of nitrogens with zero attached hydrogens (tertiary/aromatic N) is 1. The molecular formula is C18H17ClN2O3S2. The highest BCUT2D eigenvalue weighted by Gasteiger charge is 2.17. The molecule has 0 bridgehead atoms. The normalized spacial score (nSPS) is 11.7. The first-order chi connectivity index (χ1) is 12.2. The predicted molar refractivity (Wildman–Crippen MR) is 106 cm³/mol. The molecule has 136 valence electrons. The average Bonchev–Trinajstić information content (AvgIpc) is 2.96. The molecule has 1 aromatic heterocycles. The molecule has 2 aromatic carbocycles. The maximum atomic E-state index is 12.3. The van der Waals surface area contributed by atoms with Gasteiger partial charge in [-0.15, -0.1) is 0 Å². The monoisotopic (exact) mass is 408 g/mol. The molecule has 0 aliphatic heterocycles. The number of benzene rings is 2. The number of fused-ring (bicyclic) bond motifs is 1. The first-order valence-electron chi connectivity index (χ1n) is 7.90. The first-order valence-corrected chi connectivity index (χ1v) is 10.8. The molecule has 3 rings (SSSR count). The van der Waals surface area contributed by atoms with Crippen LogP contribution in [-0.2, 0) is 14.6 Å². The molecule has 26 heavy (non-hydrogen) atoms. The summed E-state index contributed by atoms with van der Waals surface area (Å²) < 4.78 is 25.5. The lowest BCUT2D eigenvalue weighted by molar-refractivity contribution is -0.115. The van der Waals surface area contributed by atoms with Crippen molar-refractivity contribution in [2.75, 3.05) is 11.1 Å². The van der Waals surface area contributed by atoms with Gasteiger partial charge in [-0.1, -0.05) is 40.6 Å². The second-order valence-corrected chi connectivity index (χ2v) is 9.59. The van der Waals surface area contributed by atoms with Gasteiger partial charge in [0.2, 0.25) is 5.91 Å². The number of carbonyl (C=O) groups excluding carboxylic acids is 1. The number of hydrogen-bond donors (Lipinski definition) is 1. The summed E-state index contributed by atoms with van der Waals surface area (Å²) in [6, 6.07) is 10.2. The summed E-state index contributed by atoms with van der Waals surface area (Å²) in [6.07, 6.45) is -0.133. The number of thiazole rings is 1. The second kappa shape index (κ2) is 7.34. The van der Waals surface area contributed by atoms with E-state index in [1.165, 1.54) is 11.3 Å². The summed E-state index contributed by atoms with van der Waals surface area (Å²) in [6.45, 7) is 3.78. The van der Waals surface area contributed by atoms with Gasteiger partial charge >= 0.3 is 0 Å². The highest BCUT2D eigenvalue weighted by atomic mass is 35.5. The fraction of sp³-hybridized carbons (Fsp3) is 0.222. The third-order valence-electron chi connectivity index (χ3n) is 3.87. The fourth-order valence-corrected chi connectivity index (χ4v) is 5.06. The largest absolute Gasteiger partial charge is 0.302 e. The van der Waals surface area contributed by atoms with E-state index >= 15 is 0 Å². The van der Waals surface area contributed by atoms with Crippen LogP contribution in [0.25, 0.3) is 10.2 Å². The quantitative estimate of drug-likeness (QED) is 0.680. The van der Waals surface area contributed by atoms with Crippen LogP contribution in [0.2, 0.25) is 5.02 Å². The summed E-state index contributed by atoms with van der Waals surface area (Å²) in [4.78, 5) is 16.7. The van der Waals surface area contributed by atoms with Crippen LogP contribution in [0, 0.1) is 13.8 Å². The van der Waals surface area contributed by atoms with Crippen molar-refractivity contribution in [3.63, 3.8) is 0 Å². The summed E-state index contributed by atoms with van der Waals surface area (Å²) in [5.74, 6) is -0.638. The van der Waals surface area contributed by atoms with Gasteiger partial charge in [-0.3, -0.25) is 4.79 Å². The van der Waals surface area contributed by atoms with Gasteiger partial charge in [0, 0.05) is 11.4 Å². The number of aryl methyl sites for hydroxylation is 2. The Bertz CT molecular complexity index is 1070. The van der Waals surface area contributed by atoms with Gasteiger partial charge in [-0.25, -0.2) is 13.4 Å². The second-order valence-electron chi connectivity index (χ2n) is 6.02. The van der Waals surface area contributed by atoms with Crippen molar-refractivity contribution in [2.45, 2.75) is 25.2 Å². The van der Waals surface area contributed by atoms with Crippen LogP contribution < -0.4 is 5.32 Å². The SMILES string of the molecule is Cc1ccc(S(=O)(=O)CCC(=O)Nc2nc3c(C)cc(Cl)cc3s2)cc1. The smallest absolute Gasteiger partial charge is 0.227 e. The fourth-order valence-electron chi connectivity index (χ4n) is 2.48. The number of amides is 1. The van der Waals surface area contributed by atoms with Gasteiger partial charge in [0.15, 0.2) is 15.0 Å². The van der Waals surface area contributed by atoms with Crippen LogP contribution in [0.3, 0.4) is 0 Å². The first kappa shape index (κ1) is 18.8. The summed E-state index contributed by atoms with van der Waals surface area (Å²) in [7, 11) is -3.50. The topological polar surface area (TPSA) is 76.1 Å². The van der Waals surface area contributed by atoms with Gasteiger partial charge in [-0.05, 0) is 43.7 Å². The molecule has 3 aromatic rings. The van der Waals surface area contributed by atoms with Crippen molar-refractivity contribution in [3.8, 4) is 0 Å². The molecule has 1 amide bonds. The van der Waals surface area contributed by atoms with E-state index in [9.17, 15) is 13.2 Å². The van der Waals surface area contributed by atoms with Crippen molar-refractivity contribution >= 4 is 54.0 Å². The number of sulfone groups is 1. The minimum Gasteiger partial charge on any atom is -0.302 e. The lowest BCUT2D eigenvalue weighted by Gasteiger charge is -2.05. The number of carbonyl (C=O) groups is 1. The van der Waals surface area contributed by atoms with Gasteiger partial charge < -0.3 is 5.32 Å². The Kier molecular flexibility index (Phi) is 5.32. The predicted octanol–water partition coefficient (Wildman–Crippen LogP) is 4.37. The Morgan fingerprint density at radius 2 is 1.88 bits per heavy atom. The van der Waals surface area contributed by atoms with Crippen LogP contribution in [0.15, 0.2) is 41.3 Å². The van der Waals surface area contributed by atoms with Crippen molar-refractivity contribution in [2.24, 2.45) is 0 Å². The van der Waals surface area contributed by atoms with E-state index in [-0.39, 0.29) is 23.0 Å². The minimum atomic E-state index is -3.50. The molecule has 0 fully saturated rings. The Hall–Kier alpha value is -1.96. The molecule has 0 aliphatic rings. The van der Waals surface area contributed by atoms with Crippen molar-refractivity contribution in [1.29, 1.82) is 0 Å². The highest BCUT2D eigenvalue weighted by molar-refractivity contribution is 7.91. The van der Waals surface area contributed by atoms with E-state index in [0.717, 1.165) is 21.3 Å². The lowest BCUT2D eigenvalue weighted by Crippen LogP contribution is -2.17. The highest BCUT2D eigenvalue weighted by Crippen LogP contribution is 2.31. The van der Waals surface area contributed by atoms with Crippen molar-refractivity contribution in [3.05, 3.63) is 52.5 Å². The van der Waals surface area contributed by atoms with Crippen LogP contribution >= 0.6 is 22.9 Å². The number of anilines is 1. The molecule has 0 atom stereocenters. The zero-order valence-corrected chi connectivity index (χ0v) is 16.6. The zero-order valence-electron chi connectivity index (χ0n) is 14.2. The molecule has 0 spiro atoms. The molecule has 0 saturated carbocycles. The summed E-state index contributed by atoms with van der Waals surface area (Å²) in [5, 5.41) is 3.72.